The van der Waals surface area contributed by atoms with Gasteiger partial charge in [-0.2, -0.15) is 0 Å². The van der Waals surface area contributed by atoms with Crippen LogP contribution in [0.25, 0.3) is 0 Å². The Hall–Kier alpha value is -2.53. The molecule has 22 heavy (non-hydrogen) atoms. The molecule has 1 atom stereocenters. The molecule has 1 aliphatic rings. The van der Waals surface area contributed by atoms with Crippen LogP contribution in [0.1, 0.15) is 28.4 Å². The molecule has 5 nitrogen and oxygen atoms in total. The highest BCUT2D eigenvalue weighted by molar-refractivity contribution is 5.94. The molecule has 1 aliphatic heterocycles. The van der Waals surface area contributed by atoms with Crippen molar-refractivity contribution in [1.82, 2.24) is 5.32 Å². The molecular weight excluding hydrogens is 282 g/mol. The minimum atomic E-state index is -0.285. The Morgan fingerprint density at radius 1 is 1.14 bits per heavy atom. The maximum Gasteiger partial charge on any atom is 0.251 e. The van der Waals surface area contributed by atoms with E-state index in [0.717, 1.165) is 5.56 Å². The SMILES string of the molecule is O=C(N[C@@H](CCO)c1ccc2c(c1)OCO2)c1ccccc1. The zero-order valence-electron chi connectivity index (χ0n) is 12.0. The van der Waals surface area contributed by atoms with E-state index in [4.69, 9.17) is 9.47 Å². The molecule has 0 spiro atoms. The number of benzene rings is 2. The number of carbonyl (C=O) groups is 1. The van der Waals surface area contributed by atoms with Gasteiger partial charge in [-0.05, 0) is 36.2 Å². The van der Waals surface area contributed by atoms with Crippen LogP contribution >= 0.6 is 0 Å². The summed E-state index contributed by atoms with van der Waals surface area (Å²) in [5.74, 6) is 1.19. The number of fused-ring (bicyclic) bond motifs is 1. The Labute approximate surface area is 128 Å². The average Bonchev–Trinajstić information content (AvgIpc) is 3.02. The van der Waals surface area contributed by atoms with Crippen molar-refractivity contribution < 1.29 is 19.4 Å². The molecule has 1 amide bonds. The van der Waals surface area contributed by atoms with Crippen LogP contribution in [0.15, 0.2) is 48.5 Å². The number of carbonyl (C=O) groups excluding carboxylic acids is 1. The van der Waals surface area contributed by atoms with Gasteiger partial charge in [0.1, 0.15) is 0 Å². The fourth-order valence-electron chi connectivity index (χ4n) is 2.41. The van der Waals surface area contributed by atoms with Crippen LogP contribution in [0.4, 0.5) is 0 Å². The summed E-state index contributed by atoms with van der Waals surface area (Å²) >= 11 is 0. The smallest absolute Gasteiger partial charge is 0.251 e. The quantitative estimate of drug-likeness (QED) is 0.888. The van der Waals surface area contributed by atoms with E-state index < -0.39 is 0 Å². The van der Waals surface area contributed by atoms with Crippen molar-refractivity contribution >= 4 is 5.91 Å². The first-order valence-corrected chi connectivity index (χ1v) is 7.14. The molecule has 5 heteroatoms. The van der Waals surface area contributed by atoms with Crippen molar-refractivity contribution in [2.45, 2.75) is 12.5 Å². The number of rotatable bonds is 5. The van der Waals surface area contributed by atoms with Gasteiger partial charge in [-0.1, -0.05) is 24.3 Å². The normalized spacial score (nSPS) is 13.7. The number of amides is 1. The minimum Gasteiger partial charge on any atom is -0.454 e. The number of aliphatic hydroxyl groups is 1. The first-order chi connectivity index (χ1) is 10.8. The van der Waals surface area contributed by atoms with Crippen molar-refractivity contribution in [3.05, 3.63) is 59.7 Å². The summed E-state index contributed by atoms with van der Waals surface area (Å²) in [5.41, 5.74) is 1.47. The molecule has 3 rings (SSSR count). The van der Waals surface area contributed by atoms with Crippen LogP contribution in [-0.4, -0.2) is 24.4 Å². The predicted octanol–water partition coefficient (Wildman–Crippen LogP) is 2.27. The van der Waals surface area contributed by atoms with Gasteiger partial charge in [0.05, 0.1) is 6.04 Å². The molecule has 2 aromatic carbocycles. The second-order valence-corrected chi connectivity index (χ2v) is 5.02. The van der Waals surface area contributed by atoms with Crippen LogP contribution in [-0.2, 0) is 0 Å². The number of hydrogen-bond donors (Lipinski definition) is 2. The van der Waals surface area contributed by atoms with Gasteiger partial charge >= 0.3 is 0 Å². The maximum absolute atomic E-state index is 12.3. The highest BCUT2D eigenvalue weighted by Crippen LogP contribution is 2.34. The monoisotopic (exact) mass is 299 g/mol. The largest absolute Gasteiger partial charge is 0.454 e. The van der Waals surface area contributed by atoms with Gasteiger partial charge in [-0.15, -0.1) is 0 Å². The summed E-state index contributed by atoms with van der Waals surface area (Å²) < 4.78 is 10.6. The highest BCUT2D eigenvalue weighted by Gasteiger charge is 2.19. The van der Waals surface area contributed by atoms with Gasteiger partial charge in [0.15, 0.2) is 11.5 Å². The van der Waals surface area contributed by atoms with Crippen LogP contribution in [0.3, 0.4) is 0 Å². The molecule has 114 valence electrons. The van der Waals surface area contributed by atoms with Crippen molar-refractivity contribution in [3.63, 3.8) is 0 Å². The lowest BCUT2D eigenvalue weighted by molar-refractivity contribution is 0.0930. The number of hydrogen-bond acceptors (Lipinski definition) is 4. The van der Waals surface area contributed by atoms with E-state index in [2.05, 4.69) is 5.32 Å². The molecule has 0 radical (unpaired) electrons. The van der Waals surface area contributed by atoms with Gasteiger partial charge in [0, 0.05) is 12.2 Å². The summed E-state index contributed by atoms with van der Waals surface area (Å²) in [6.45, 7) is 0.188. The summed E-state index contributed by atoms with van der Waals surface area (Å²) in [7, 11) is 0. The third-order valence-electron chi connectivity index (χ3n) is 3.56. The Morgan fingerprint density at radius 3 is 2.68 bits per heavy atom. The molecular formula is C17H17NO4. The molecule has 0 aliphatic carbocycles. The zero-order valence-corrected chi connectivity index (χ0v) is 12.0. The second kappa shape index (κ2) is 6.49. The van der Waals surface area contributed by atoms with Gasteiger partial charge in [0.2, 0.25) is 6.79 Å². The second-order valence-electron chi connectivity index (χ2n) is 5.02. The summed E-state index contributed by atoms with van der Waals surface area (Å²) in [4.78, 5) is 12.3. The Kier molecular flexibility index (Phi) is 4.25. The van der Waals surface area contributed by atoms with Crippen molar-refractivity contribution in [2.75, 3.05) is 13.4 Å². The van der Waals surface area contributed by atoms with Crippen molar-refractivity contribution in [1.29, 1.82) is 0 Å². The zero-order chi connectivity index (χ0) is 15.4. The van der Waals surface area contributed by atoms with Gasteiger partial charge < -0.3 is 19.9 Å². The fraction of sp³-hybridized carbons (Fsp3) is 0.235. The fourth-order valence-corrected chi connectivity index (χ4v) is 2.41. The number of aliphatic hydroxyl groups excluding tert-OH is 1. The van der Waals surface area contributed by atoms with E-state index in [1.807, 2.05) is 36.4 Å². The number of nitrogens with one attached hydrogen (secondary N) is 1. The lowest BCUT2D eigenvalue weighted by Crippen LogP contribution is -2.29. The van der Waals surface area contributed by atoms with E-state index in [9.17, 15) is 9.90 Å². The summed E-state index contributed by atoms with van der Waals surface area (Å²) in [5, 5.41) is 12.2. The molecule has 1 heterocycles. The molecule has 0 saturated heterocycles. The van der Waals surface area contributed by atoms with E-state index in [-0.39, 0.29) is 25.3 Å². The first kappa shape index (κ1) is 14.4. The third-order valence-corrected chi connectivity index (χ3v) is 3.56. The van der Waals surface area contributed by atoms with Gasteiger partial charge in [-0.3, -0.25) is 4.79 Å². The molecule has 0 fully saturated rings. The van der Waals surface area contributed by atoms with E-state index >= 15 is 0 Å². The standard InChI is InChI=1S/C17H17NO4/c19-9-8-14(18-17(20)12-4-2-1-3-5-12)13-6-7-15-16(10-13)22-11-21-15/h1-7,10,14,19H,8-9,11H2,(H,18,20)/t14-/m0/s1. The van der Waals surface area contributed by atoms with E-state index in [0.29, 0.717) is 23.5 Å². The Balaban J connectivity index is 1.79. The first-order valence-electron chi connectivity index (χ1n) is 7.14. The van der Waals surface area contributed by atoms with E-state index in [1.165, 1.54) is 0 Å². The van der Waals surface area contributed by atoms with Crippen LogP contribution in [0.2, 0.25) is 0 Å². The maximum atomic E-state index is 12.3. The van der Waals surface area contributed by atoms with E-state index in [1.54, 1.807) is 12.1 Å². The minimum absolute atomic E-state index is 0.0197. The molecule has 2 N–H and O–H groups in total. The molecule has 0 unspecified atom stereocenters. The van der Waals surface area contributed by atoms with Crippen LogP contribution in [0.5, 0.6) is 11.5 Å². The topological polar surface area (TPSA) is 67.8 Å². The van der Waals surface area contributed by atoms with Crippen molar-refractivity contribution in [2.24, 2.45) is 0 Å². The number of ether oxygens (including phenoxy) is 2. The summed E-state index contributed by atoms with van der Waals surface area (Å²) in [6.07, 6.45) is 0.429. The third kappa shape index (κ3) is 3.04. The molecule has 0 bridgehead atoms. The summed E-state index contributed by atoms with van der Waals surface area (Å²) in [6, 6.07) is 14.2. The lowest BCUT2D eigenvalue weighted by atomic mass is 10.0. The van der Waals surface area contributed by atoms with Gasteiger partial charge in [0.25, 0.3) is 5.91 Å². The highest BCUT2D eigenvalue weighted by atomic mass is 16.7. The van der Waals surface area contributed by atoms with Crippen LogP contribution < -0.4 is 14.8 Å². The molecule has 0 aromatic heterocycles. The predicted molar refractivity (Wildman–Crippen MR) is 80.9 cm³/mol. The molecule has 0 saturated carbocycles. The average molecular weight is 299 g/mol. The Bertz CT molecular complexity index is 657. The lowest BCUT2D eigenvalue weighted by Gasteiger charge is -2.18. The van der Waals surface area contributed by atoms with Gasteiger partial charge in [-0.25, -0.2) is 0 Å². The van der Waals surface area contributed by atoms with Crippen molar-refractivity contribution in [3.8, 4) is 11.5 Å². The Morgan fingerprint density at radius 2 is 1.91 bits per heavy atom. The molecule has 2 aromatic rings. The van der Waals surface area contributed by atoms with Crippen LogP contribution in [0, 0.1) is 0 Å².